The maximum absolute atomic E-state index is 4.76. The fourth-order valence-electron chi connectivity index (χ4n) is 3.13. The summed E-state index contributed by atoms with van der Waals surface area (Å²) in [5.41, 5.74) is 1.21. The lowest BCUT2D eigenvalue weighted by Gasteiger charge is -2.24. The van der Waals surface area contributed by atoms with Crippen molar-refractivity contribution >= 4 is 43.2 Å². The first-order valence-corrected chi connectivity index (χ1v) is 7.93. The van der Waals surface area contributed by atoms with E-state index in [4.69, 9.17) is 4.98 Å². The summed E-state index contributed by atoms with van der Waals surface area (Å²) in [7, 11) is 0. The number of anilines is 1. The molecule has 1 aromatic rings. The predicted octanol–water partition coefficient (Wildman–Crippen LogP) is 2.76. The SMILES string of the molecule is Cl.Cl.Cl.c1cc(C2CCCNCC2)nc(NC2CCNCC2)n1. The molecule has 3 heterocycles. The molecule has 0 aliphatic carbocycles. The van der Waals surface area contributed by atoms with Crippen LogP contribution in [0.3, 0.4) is 0 Å². The molecule has 5 nitrogen and oxygen atoms in total. The van der Waals surface area contributed by atoms with Crippen molar-refractivity contribution in [1.82, 2.24) is 20.6 Å². The van der Waals surface area contributed by atoms with Crippen LogP contribution in [-0.2, 0) is 0 Å². The summed E-state index contributed by atoms with van der Waals surface area (Å²) in [6.07, 6.45) is 7.87. The lowest BCUT2D eigenvalue weighted by molar-refractivity contribution is 0.476. The Morgan fingerprint density at radius 2 is 1.61 bits per heavy atom. The Morgan fingerprint density at radius 3 is 2.39 bits per heavy atom. The molecule has 1 unspecified atom stereocenters. The van der Waals surface area contributed by atoms with Crippen molar-refractivity contribution in [2.45, 2.75) is 44.1 Å². The Bertz CT molecular complexity index is 421. The average Bonchev–Trinajstić information content (AvgIpc) is 2.78. The lowest BCUT2D eigenvalue weighted by atomic mass is 9.97. The van der Waals surface area contributed by atoms with Crippen molar-refractivity contribution in [3.63, 3.8) is 0 Å². The number of nitrogens with one attached hydrogen (secondary N) is 3. The zero-order chi connectivity index (χ0) is 13.6. The van der Waals surface area contributed by atoms with Gasteiger partial charge in [-0.25, -0.2) is 9.97 Å². The Balaban J connectivity index is 0.00000161. The highest BCUT2D eigenvalue weighted by Crippen LogP contribution is 2.25. The van der Waals surface area contributed by atoms with Crippen LogP contribution >= 0.6 is 37.2 Å². The molecule has 0 saturated carbocycles. The smallest absolute Gasteiger partial charge is 0.223 e. The molecule has 3 N–H and O–H groups in total. The van der Waals surface area contributed by atoms with Crippen LogP contribution in [0.15, 0.2) is 12.3 Å². The fraction of sp³-hybridized carbons (Fsp3) is 0.733. The third kappa shape index (κ3) is 6.98. The van der Waals surface area contributed by atoms with E-state index in [1.54, 1.807) is 0 Å². The van der Waals surface area contributed by atoms with Crippen LogP contribution in [-0.4, -0.2) is 42.2 Å². The molecule has 1 atom stereocenters. The van der Waals surface area contributed by atoms with Gasteiger partial charge in [0.2, 0.25) is 5.95 Å². The number of hydrogen-bond acceptors (Lipinski definition) is 5. The first-order valence-electron chi connectivity index (χ1n) is 7.93. The largest absolute Gasteiger partial charge is 0.351 e. The highest BCUT2D eigenvalue weighted by Gasteiger charge is 2.17. The summed E-state index contributed by atoms with van der Waals surface area (Å²) in [4.78, 5) is 9.16. The molecule has 2 aliphatic rings. The van der Waals surface area contributed by atoms with E-state index >= 15 is 0 Å². The van der Waals surface area contributed by atoms with E-state index in [-0.39, 0.29) is 37.2 Å². The molecule has 134 valence electrons. The second-order valence-corrected chi connectivity index (χ2v) is 5.85. The molecule has 2 fully saturated rings. The third-order valence-electron chi connectivity index (χ3n) is 4.34. The molecule has 1 aromatic heterocycles. The van der Waals surface area contributed by atoms with Crippen LogP contribution in [0.25, 0.3) is 0 Å². The van der Waals surface area contributed by atoms with Gasteiger partial charge >= 0.3 is 0 Å². The highest BCUT2D eigenvalue weighted by molar-refractivity contribution is 5.86. The lowest BCUT2D eigenvalue weighted by Crippen LogP contribution is -2.35. The van der Waals surface area contributed by atoms with Gasteiger partial charge in [0.1, 0.15) is 0 Å². The van der Waals surface area contributed by atoms with E-state index in [1.165, 1.54) is 25.0 Å². The predicted molar refractivity (Wildman–Crippen MR) is 103 cm³/mol. The number of hydrogen-bond donors (Lipinski definition) is 3. The fourth-order valence-corrected chi connectivity index (χ4v) is 3.13. The van der Waals surface area contributed by atoms with E-state index < -0.39 is 0 Å². The minimum atomic E-state index is 0. The number of piperidine rings is 1. The molecule has 0 radical (unpaired) electrons. The molecule has 3 rings (SSSR count). The van der Waals surface area contributed by atoms with Gasteiger partial charge in [-0.15, -0.1) is 37.2 Å². The molecular formula is C15H28Cl3N5. The van der Waals surface area contributed by atoms with Gasteiger partial charge in [0.05, 0.1) is 0 Å². The Kier molecular flexibility index (Phi) is 11.9. The second kappa shape index (κ2) is 12.1. The molecule has 2 aliphatic heterocycles. The summed E-state index contributed by atoms with van der Waals surface area (Å²) >= 11 is 0. The van der Waals surface area contributed by atoms with Gasteiger partial charge in [0, 0.05) is 23.9 Å². The van der Waals surface area contributed by atoms with Gasteiger partial charge in [-0.2, -0.15) is 0 Å². The van der Waals surface area contributed by atoms with Gasteiger partial charge < -0.3 is 16.0 Å². The van der Waals surface area contributed by atoms with Crippen LogP contribution in [0.2, 0.25) is 0 Å². The van der Waals surface area contributed by atoms with E-state index in [1.807, 2.05) is 6.20 Å². The topological polar surface area (TPSA) is 61.9 Å². The van der Waals surface area contributed by atoms with Gasteiger partial charge in [-0.3, -0.25) is 0 Å². The summed E-state index contributed by atoms with van der Waals surface area (Å²) < 4.78 is 0. The van der Waals surface area contributed by atoms with Crippen LogP contribution in [0.4, 0.5) is 5.95 Å². The summed E-state index contributed by atoms with van der Waals surface area (Å²) in [5, 5.41) is 10.3. The van der Waals surface area contributed by atoms with Crippen LogP contribution < -0.4 is 16.0 Å². The van der Waals surface area contributed by atoms with Gasteiger partial charge in [0.25, 0.3) is 0 Å². The second-order valence-electron chi connectivity index (χ2n) is 5.85. The molecule has 0 amide bonds. The first-order chi connectivity index (χ1) is 9.92. The summed E-state index contributed by atoms with van der Waals surface area (Å²) in [6.45, 7) is 4.42. The molecule has 0 aromatic carbocycles. The minimum Gasteiger partial charge on any atom is -0.351 e. The zero-order valence-corrected chi connectivity index (χ0v) is 15.7. The van der Waals surface area contributed by atoms with Crippen molar-refractivity contribution in [2.75, 3.05) is 31.5 Å². The number of rotatable bonds is 3. The molecular weight excluding hydrogens is 357 g/mol. The summed E-state index contributed by atoms with van der Waals surface area (Å²) in [6, 6.07) is 2.60. The normalized spacial score (nSPS) is 21.8. The Labute approximate surface area is 157 Å². The molecule has 0 bridgehead atoms. The van der Waals surface area contributed by atoms with Crippen molar-refractivity contribution in [3.8, 4) is 0 Å². The quantitative estimate of drug-likeness (QED) is 0.748. The maximum atomic E-state index is 4.76. The average molecular weight is 385 g/mol. The third-order valence-corrected chi connectivity index (χ3v) is 4.34. The monoisotopic (exact) mass is 383 g/mol. The van der Waals surface area contributed by atoms with Crippen LogP contribution in [0, 0.1) is 0 Å². The van der Waals surface area contributed by atoms with Gasteiger partial charge in [-0.05, 0) is 64.3 Å². The minimum absolute atomic E-state index is 0. The molecule has 2 saturated heterocycles. The number of nitrogens with zero attached hydrogens (tertiary/aromatic N) is 2. The Hall–Kier alpha value is -0.330. The van der Waals surface area contributed by atoms with E-state index in [0.29, 0.717) is 12.0 Å². The van der Waals surface area contributed by atoms with Gasteiger partial charge in [-0.1, -0.05) is 0 Å². The first kappa shape index (κ1) is 22.7. The maximum Gasteiger partial charge on any atom is 0.223 e. The molecule has 23 heavy (non-hydrogen) atoms. The van der Waals surface area contributed by atoms with Crippen molar-refractivity contribution in [3.05, 3.63) is 18.0 Å². The Morgan fingerprint density at radius 1 is 0.913 bits per heavy atom. The number of halogens is 3. The molecule has 0 spiro atoms. The van der Waals surface area contributed by atoms with Crippen LogP contribution in [0.1, 0.15) is 43.7 Å². The van der Waals surface area contributed by atoms with Crippen molar-refractivity contribution in [1.29, 1.82) is 0 Å². The van der Waals surface area contributed by atoms with E-state index in [9.17, 15) is 0 Å². The zero-order valence-electron chi connectivity index (χ0n) is 13.3. The van der Waals surface area contributed by atoms with E-state index in [0.717, 1.165) is 45.0 Å². The van der Waals surface area contributed by atoms with E-state index in [2.05, 4.69) is 27.0 Å². The van der Waals surface area contributed by atoms with Crippen molar-refractivity contribution in [2.24, 2.45) is 0 Å². The standard InChI is InChI=1S/C15H25N5.3ClH/c1-2-12(3-8-16-7-1)14-6-11-18-15(20-14)19-13-4-9-17-10-5-13;;;/h6,11-13,16-17H,1-5,7-10H2,(H,18,19,20);3*1H. The highest BCUT2D eigenvalue weighted by atomic mass is 35.5. The van der Waals surface area contributed by atoms with Gasteiger partial charge in [0.15, 0.2) is 0 Å². The summed E-state index contributed by atoms with van der Waals surface area (Å²) in [5.74, 6) is 1.40. The van der Waals surface area contributed by atoms with Crippen LogP contribution in [0.5, 0.6) is 0 Å². The molecule has 8 heteroatoms. The van der Waals surface area contributed by atoms with Crippen molar-refractivity contribution < 1.29 is 0 Å². The number of aromatic nitrogens is 2.